The molecule has 39 heavy (non-hydrogen) atoms. The van der Waals surface area contributed by atoms with E-state index in [2.05, 4.69) is 15.9 Å². The number of H-pyrrole nitrogens is 1. The largest absolute Gasteiger partial charge is 0.350 e. The number of nitrogens with one attached hydrogen (secondary N) is 3. The Kier molecular flexibility index (Phi) is 10.1. The molecule has 1 aliphatic rings. The van der Waals surface area contributed by atoms with Crippen molar-refractivity contribution in [1.29, 1.82) is 0 Å². The van der Waals surface area contributed by atoms with E-state index in [1.54, 1.807) is 11.4 Å². The molecule has 1 aromatic carbocycles. The number of fused-ring (bicyclic) bond motifs is 1. The minimum atomic E-state index is -0.804. The summed E-state index contributed by atoms with van der Waals surface area (Å²) in [5, 5.41) is 1.69. The number of hydrogen-bond acceptors (Lipinski definition) is 7. The van der Waals surface area contributed by atoms with Gasteiger partial charge < -0.3 is 9.72 Å². The standard InChI is InChI=1S/C28H36N4O6S/c1-18(2)17-21(25(33)30-32-27(35)24-22(14-16-39-24)29-28(32)36)20(12-8-11-19-9-4-3-5-10-19)26(34)31-38-23-13-6-7-15-37-23/h3-5,9-10,14,16,18,20-21,23H,6-8,11-13,15,17H2,1-2H3,(H,29,36)(H,30,33)(H,31,34)/t20-,21+,23?/m0/s1. The number of hydrogen-bond donors (Lipinski definition) is 3. The summed E-state index contributed by atoms with van der Waals surface area (Å²) in [7, 11) is 0. The first kappa shape index (κ1) is 28.7. The summed E-state index contributed by atoms with van der Waals surface area (Å²) in [5.41, 5.74) is 5.23. The first-order chi connectivity index (χ1) is 18.8. The number of nitrogens with zero attached hydrogens (tertiary/aromatic N) is 1. The maximum atomic E-state index is 13.6. The van der Waals surface area contributed by atoms with Crippen LogP contribution in [0.5, 0.6) is 0 Å². The number of rotatable bonds is 12. The Balaban J connectivity index is 1.55. The highest BCUT2D eigenvalue weighted by atomic mass is 32.1. The third-order valence-electron chi connectivity index (χ3n) is 6.87. The highest BCUT2D eigenvalue weighted by Crippen LogP contribution is 2.27. The second-order valence-corrected chi connectivity index (χ2v) is 11.2. The van der Waals surface area contributed by atoms with Gasteiger partial charge in [0, 0.05) is 13.0 Å². The zero-order valence-corrected chi connectivity index (χ0v) is 23.1. The summed E-state index contributed by atoms with van der Waals surface area (Å²) >= 11 is 1.18. The highest BCUT2D eigenvalue weighted by Gasteiger charge is 2.35. The van der Waals surface area contributed by atoms with Crippen LogP contribution < -0.4 is 22.2 Å². The number of amides is 2. The smallest absolute Gasteiger partial charge is 0.348 e. The van der Waals surface area contributed by atoms with E-state index in [1.165, 1.54) is 11.3 Å². The molecule has 0 radical (unpaired) electrons. The van der Waals surface area contributed by atoms with Gasteiger partial charge in [-0.15, -0.1) is 11.3 Å². The van der Waals surface area contributed by atoms with E-state index in [0.717, 1.165) is 24.8 Å². The van der Waals surface area contributed by atoms with Crippen LogP contribution in [0.25, 0.3) is 10.2 Å². The van der Waals surface area contributed by atoms with Gasteiger partial charge in [-0.05, 0) is 61.5 Å². The van der Waals surface area contributed by atoms with Gasteiger partial charge in [0.2, 0.25) is 11.8 Å². The molecule has 210 valence electrons. The number of hydroxylamine groups is 1. The van der Waals surface area contributed by atoms with Crippen LogP contribution in [0.3, 0.4) is 0 Å². The number of aromatic amines is 1. The third kappa shape index (κ3) is 7.65. The molecule has 1 fully saturated rings. The molecular formula is C28H36N4O6S. The minimum absolute atomic E-state index is 0.0718. The van der Waals surface area contributed by atoms with E-state index >= 15 is 0 Å². The molecule has 11 heteroatoms. The predicted molar refractivity (Wildman–Crippen MR) is 150 cm³/mol. The molecule has 0 saturated carbocycles. The summed E-state index contributed by atoms with van der Waals surface area (Å²) in [4.78, 5) is 60.8. The molecule has 2 aromatic heterocycles. The fraction of sp³-hybridized carbons (Fsp3) is 0.500. The quantitative estimate of drug-likeness (QED) is 0.292. The molecule has 0 bridgehead atoms. The predicted octanol–water partition coefficient (Wildman–Crippen LogP) is 3.70. The Bertz CT molecular complexity index is 1360. The van der Waals surface area contributed by atoms with Gasteiger partial charge in [0.25, 0.3) is 5.56 Å². The number of carbonyl (C=O) groups is 2. The lowest BCUT2D eigenvalue weighted by molar-refractivity contribution is -0.203. The van der Waals surface area contributed by atoms with Gasteiger partial charge in [-0.2, -0.15) is 4.68 Å². The molecule has 0 spiro atoms. The Labute approximate surface area is 230 Å². The van der Waals surface area contributed by atoms with Crippen molar-refractivity contribution in [3.05, 3.63) is 68.2 Å². The van der Waals surface area contributed by atoms with Crippen LogP contribution in [0.2, 0.25) is 0 Å². The van der Waals surface area contributed by atoms with Gasteiger partial charge in [0.05, 0.1) is 17.4 Å². The normalized spacial score (nSPS) is 17.2. The molecular weight excluding hydrogens is 520 g/mol. The molecule has 1 saturated heterocycles. The number of thiophene rings is 1. The molecule has 3 aromatic rings. The second kappa shape index (κ2) is 13.7. The van der Waals surface area contributed by atoms with Crippen LogP contribution in [0, 0.1) is 17.8 Å². The van der Waals surface area contributed by atoms with Crippen molar-refractivity contribution < 1.29 is 19.2 Å². The SMILES string of the molecule is CC(C)C[C@@H](C(=O)Nn1c(=O)[nH]c2ccsc2c1=O)[C@H](CCCc1ccccc1)C(=O)NOC1CCCCO1. The lowest BCUT2D eigenvalue weighted by Gasteiger charge is -2.28. The second-order valence-electron chi connectivity index (χ2n) is 10.3. The maximum absolute atomic E-state index is 13.6. The van der Waals surface area contributed by atoms with E-state index < -0.39 is 41.2 Å². The highest BCUT2D eigenvalue weighted by molar-refractivity contribution is 7.17. The average molecular weight is 557 g/mol. The summed E-state index contributed by atoms with van der Waals surface area (Å²) in [6, 6.07) is 11.6. The Morgan fingerprint density at radius 3 is 2.64 bits per heavy atom. The van der Waals surface area contributed by atoms with Crippen molar-refractivity contribution in [1.82, 2.24) is 15.1 Å². The Morgan fingerprint density at radius 2 is 1.92 bits per heavy atom. The Morgan fingerprint density at radius 1 is 1.13 bits per heavy atom. The van der Waals surface area contributed by atoms with Crippen LogP contribution >= 0.6 is 11.3 Å². The summed E-state index contributed by atoms with van der Waals surface area (Å²) in [6.45, 7) is 4.49. The van der Waals surface area contributed by atoms with Crippen molar-refractivity contribution in [2.24, 2.45) is 17.8 Å². The molecule has 10 nitrogen and oxygen atoms in total. The first-order valence-corrected chi connectivity index (χ1v) is 14.4. The maximum Gasteiger partial charge on any atom is 0.348 e. The van der Waals surface area contributed by atoms with E-state index in [0.29, 0.717) is 47.2 Å². The summed E-state index contributed by atoms with van der Waals surface area (Å²) in [6.07, 6.45) is 4.22. The molecule has 3 heterocycles. The zero-order chi connectivity index (χ0) is 27.8. The van der Waals surface area contributed by atoms with Gasteiger partial charge in [0.15, 0.2) is 6.29 Å². The van der Waals surface area contributed by atoms with Gasteiger partial charge in [-0.3, -0.25) is 19.8 Å². The molecule has 3 N–H and O–H groups in total. The van der Waals surface area contributed by atoms with E-state index in [9.17, 15) is 19.2 Å². The van der Waals surface area contributed by atoms with Crippen LogP contribution in [0.1, 0.15) is 57.9 Å². The monoisotopic (exact) mass is 556 g/mol. The van der Waals surface area contributed by atoms with Crippen molar-refractivity contribution in [3.8, 4) is 0 Å². The van der Waals surface area contributed by atoms with Crippen molar-refractivity contribution in [2.45, 2.75) is 65.1 Å². The average Bonchev–Trinajstić information content (AvgIpc) is 3.40. The van der Waals surface area contributed by atoms with Gasteiger partial charge in [0.1, 0.15) is 4.70 Å². The van der Waals surface area contributed by atoms with E-state index in [-0.39, 0.29) is 5.92 Å². The summed E-state index contributed by atoms with van der Waals surface area (Å²) in [5.74, 6) is -2.47. The molecule has 4 rings (SSSR count). The minimum Gasteiger partial charge on any atom is -0.350 e. The third-order valence-corrected chi connectivity index (χ3v) is 7.77. The number of ether oxygens (including phenoxy) is 1. The van der Waals surface area contributed by atoms with Crippen LogP contribution in [-0.2, 0) is 25.6 Å². The van der Waals surface area contributed by atoms with Crippen molar-refractivity contribution >= 4 is 33.4 Å². The lowest BCUT2D eigenvalue weighted by Crippen LogP contribution is -2.48. The lowest BCUT2D eigenvalue weighted by atomic mass is 9.81. The number of aryl methyl sites for hydroxylation is 1. The Hall–Kier alpha value is -3.28. The molecule has 1 aliphatic heterocycles. The van der Waals surface area contributed by atoms with Crippen LogP contribution in [-0.4, -0.2) is 34.4 Å². The fourth-order valence-electron chi connectivity index (χ4n) is 4.88. The summed E-state index contributed by atoms with van der Waals surface area (Å²) < 4.78 is 6.58. The van der Waals surface area contributed by atoms with Crippen molar-refractivity contribution in [2.75, 3.05) is 12.0 Å². The van der Waals surface area contributed by atoms with Gasteiger partial charge in [-0.25, -0.2) is 15.1 Å². The van der Waals surface area contributed by atoms with E-state index in [4.69, 9.17) is 9.57 Å². The number of benzene rings is 1. The van der Waals surface area contributed by atoms with Crippen molar-refractivity contribution in [3.63, 3.8) is 0 Å². The first-order valence-electron chi connectivity index (χ1n) is 13.5. The molecule has 1 unspecified atom stereocenters. The molecule has 2 amide bonds. The van der Waals surface area contributed by atoms with Crippen LogP contribution in [0.4, 0.5) is 0 Å². The number of aromatic nitrogens is 2. The van der Waals surface area contributed by atoms with Gasteiger partial charge >= 0.3 is 5.69 Å². The number of carbonyl (C=O) groups excluding carboxylic acids is 2. The molecule has 0 aliphatic carbocycles. The van der Waals surface area contributed by atoms with Gasteiger partial charge in [-0.1, -0.05) is 44.2 Å². The van der Waals surface area contributed by atoms with E-state index in [1.807, 2.05) is 44.2 Å². The molecule has 3 atom stereocenters. The zero-order valence-electron chi connectivity index (χ0n) is 22.3. The van der Waals surface area contributed by atoms with Crippen LogP contribution in [0.15, 0.2) is 51.4 Å². The fourth-order valence-corrected chi connectivity index (χ4v) is 5.66. The topological polar surface area (TPSA) is 132 Å².